The predicted molar refractivity (Wildman–Crippen MR) is 133 cm³/mol. The topological polar surface area (TPSA) is 118 Å². The van der Waals surface area contributed by atoms with Crippen molar-refractivity contribution in [3.63, 3.8) is 0 Å². The lowest BCUT2D eigenvalue weighted by Gasteiger charge is -2.16. The molecule has 0 spiro atoms. The van der Waals surface area contributed by atoms with Gasteiger partial charge in [-0.2, -0.15) is 0 Å². The van der Waals surface area contributed by atoms with Gasteiger partial charge in [-0.15, -0.1) is 22.0 Å². The van der Waals surface area contributed by atoms with Crippen LogP contribution in [0, 0.1) is 10.1 Å². The summed E-state index contributed by atoms with van der Waals surface area (Å²) in [7, 11) is 0. The van der Waals surface area contributed by atoms with Crippen molar-refractivity contribution in [2.75, 3.05) is 22.5 Å². The summed E-state index contributed by atoms with van der Waals surface area (Å²) in [6, 6.07) is 14.3. The monoisotopic (exact) mass is 497 g/mol. The van der Waals surface area contributed by atoms with Gasteiger partial charge < -0.3 is 4.90 Å². The minimum atomic E-state index is -0.441. The van der Waals surface area contributed by atoms with Crippen LogP contribution in [0.15, 0.2) is 48.5 Å². The SMILES string of the molecule is CCc1ccc(N2CC(c3nnc(NC(=O)CSCc4ccc([N+](=O)[O-])cc4)s3)CC2=O)cc1. The quantitative estimate of drug-likeness (QED) is 0.344. The highest BCUT2D eigenvalue weighted by Crippen LogP contribution is 2.34. The smallest absolute Gasteiger partial charge is 0.269 e. The molecule has 3 aromatic rings. The first kappa shape index (κ1) is 23.8. The highest BCUT2D eigenvalue weighted by atomic mass is 32.2. The number of carbonyl (C=O) groups excluding carboxylic acids is 2. The van der Waals surface area contributed by atoms with Crippen molar-refractivity contribution in [2.24, 2.45) is 0 Å². The number of nitrogens with one attached hydrogen (secondary N) is 1. The van der Waals surface area contributed by atoms with Gasteiger partial charge in [-0.1, -0.05) is 42.5 Å². The molecule has 1 N–H and O–H groups in total. The number of carbonyl (C=O) groups is 2. The number of hydrogen-bond acceptors (Lipinski definition) is 8. The molecule has 0 bridgehead atoms. The fourth-order valence-corrected chi connectivity index (χ4v) is 5.25. The van der Waals surface area contributed by atoms with E-state index in [1.807, 2.05) is 24.3 Å². The molecule has 1 aliphatic heterocycles. The van der Waals surface area contributed by atoms with Crippen molar-refractivity contribution < 1.29 is 14.5 Å². The van der Waals surface area contributed by atoms with E-state index in [-0.39, 0.29) is 29.2 Å². The molecule has 0 aliphatic carbocycles. The largest absolute Gasteiger partial charge is 0.312 e. The summed E-state index contributed by atoms with van der Waals surface area (Å²) in [5.41, 5.74) is 3.05. The van der Waals surface area contributed by atoms with Gasteiger partial charge >= 0.3 is 0 Å². The Labute approximate surface area is 204 Å². The van der Waals surface area contributed by atoms with Crippen molar-refractivity contribution in [1.29, 1.82) is 0 Å². The predicted octanol–water partition coefficient (Wildman–Crippen LogP) is 4.40. The molecule has 9 nitrogen and oxygen atoms in total. The van der Waals surface area contributed by atoms with Crippen molar-refractivity contribution in [2.45, 2.75) is 31.4 Å². The average molecular weight is 498 g/mol. The minimum Gasteiger partial charge on any atom is -0.312 e. The molecule has 2 heterocycles. The number of amides is 2. The van der Waals surface area contributed by atoms with Crippen LogP contribution in [0.3, 0.4) is 0 Å². The van der Waals surface area contributed by atoms with E-state index in [9.17, 15) is 19.7 Å². The van der Waals surface area contributed by atoms with E-state index in [1.54, 1.807) is 17.0 Å². The Morgan fingerprint density at radius 3 is 2.56 bits per heavy atom. The number of benzene rings is 2. The van der Waals surface area contributed by atoms with Gasteiger partial charge in [0.1, 0.15) is 5.01 Å². The van der Waals surface area contributed by atoms with Crippen molar-refractivity contribution >= 4 is 51.4 Å². The zero-order chi connectivity index (χ0) is 24.1. The number of aryl methyl sites for hydroxylation is 1. The molecule has 1 aliphatic rings. The van der Waals surface area contributed by atoms with Crippen molar-refractivity contribution in [1.82, 2.24) is 10.2 Å². The Kier molecular flexibility index (Phi) is 7.53. The van der Waals surface area contributed by atoms with Gasteiger partial charge in [0, 0.05) is 42.5 Å². The number of rotatable bonds is 9. The molecule has 1 unspecified atom stereocenters. The third-order valence-corrected chi connectivity index (χ3v) is 7.47. The van der Waals surface area contributed by atoms with Gasteiger partial charge in [0.2, 0.25) is 16.9 Å². The van der Waals surface area contributed by atoms with E-state index < -0.39 is 4.92 Å². The maximum absolute atomic E-state index is 12.6. The first-order valence-electron chi connectivity index (χ1n) is 10.8. The van der Waals surface area contributed by atoms with Gasteiger partial charge in [0.25, 0.3) is 5.69 Å². The summed E-state index contributed by atoms with van der Waals surface area (Å²) >= 11 is 2.70. The standard InChI is InChI=1S/C23H23N5O4S2/c1-2-15-3-7-18(8-4-15)27-12-17(11-21(27)30)22-25-26-23(34-22)24-20(29)14-33-13-16-5-9-19(10-6-16)28(31)32/h3-10,17H,2,11-14H2,1H3,(H,24,26,29). The van der Waals surface area contributed by atoms with Crippen LogP contribution in [0.25, 0.3) is 0 Å². The lowest BCUT2D eigenvalue weighted by Crippen LogP contribution is -2.24. The molecule has 4 rings (SSSR count). The van der Waals surface area contributed by atoms with Crippen LogP contribution >= 0.6 is 23.1 Å². The Balaban J connectivity index is 1.27. The number of nitrogens with zero attached hydrogens (tertiary/aromatic N) is 4. The number of aromatic nitrogens is 2. The van der Waals surface area contributed by atoms with Crippen LogP contribution in [-0.4, -0.2) is 39.2 Å². The molecule has 1 atom stereocenters. The second-order valence-electron chi connectivity index (χ2n) is 7.84. The van der Waals surface area contributed by atoms with Crippen LogP contribution in [0.2, 0.25) is 0 Å². The molecule has 0 radical (unpaired) electrons. The molecular weight excluding hydrogens is 474 g/mol. The second-order valence-corrected chi connectivity index (χ2v) is 9.83. The maximum atomic E-state index is 12.6. The van der Waals surface area contributed by atoms with Gasteiger partial charge in [-0.3, -0.25) is 25.0 Å². The van der Waals surface area contributed by atoms with Crippen LogP contribution in [-0.2, 0) is 21.8 Å². The number of hydrogen-bond donors (Lipinski definition) is 1. The Morgan fingerprint density at radius 2 is 1.88 bits per heavy atom. The number of thioether (sulfide) groups is 1. The van der Waals surface area contributed by atoms with E-state index >= 15 is 0 Å². The maximum Gasteiger partial charge on any atom is 0.269 e. The Hall–Kier alpha value is -3.31. The van der Waals surface area contributed by atoms with Crippen LogP contribution in [0.5, 0.6) is 0 Å². The van der Waals surface area contributed by atoms with Crippen molar-refractivity contribution in [3.8, 4) is 0 Å². The molecule has 1 saturated heterocycles. The normalized spacial score (nSPS) is 15.5. The highest BCUT2D eigenvalue weighted by Gasteiger charge is 2.34. The highest BCUT2D eigenvalue weighted by molar-refractivity contribution is 7.99. The third kappa shape index (κ3) is 5.78. The number of nitro benzene ring substituents is 1. The molecule has 2 amide bonds. The molecule has 176 valence electrons. The fourth-order valence-electron chi connectivity index (χ4n) is 3.62. The van der Waals surface area contributed by atoms with Crippen LogP contribution in [0.1, 0.15) is 35.4 Å². The minimum absolute atomic E-state index is 0.0417. The zero-order valence-corrected chi connectivity index (χ0v) is 20.1. The number of anilines is 2. The molecule has 0 saturated carbocycles. The van der Waals surface area contributed by atoms with Crippen LogP contribution in [0.4, 0.5) is 16.5 Å². The second kappa shape index (κ2) is 10.7. The first-order valence-corrected chi connectivity index (χ1v) is 12.7. The Morgan fingerprint density at radius 1 is 1.18 bits per heavy atom. The van der Waals surface area contributed by atoms with E-state index in [1.165, 1.54) is 40.8 Å². The summed E-state index contributed by atoms with van der Waals surface area (Å²) in [5.74, 6) is 0.576. The van der Waals surface area contributed by atoms with E-state index in [4.69, 9.17) is 0 Å². The average Bonchev–Trinajstić information content (AvgIpc) is 3.46. The summed E-state index contributed by atoms with van der Waals surface area (Å²) in [6.07, 6.45) is 1.31. The lowest BCUT2D eigenvalue weighted by atomic mass is 10.1. The summed E-state index contributed by atoms with van der Waals surface area (Å²) in [5, 5.41) is 22.9. The molecular formula is C23H23N5O4S2. The van der Waals surface area contributed by atoms with E-state index in [0.29, 0.717) is 23.8 Å². The molecule has 1 aromatic heterocycles. The summed E-state index contributed by atoms with van der Waals surface area (Å²) < 4.78 is 0. The Bertz CT molecular complexity index is 1180. The van der Waals surface area contributed by atoms with Gasteiger partial charge in [0.05, 0.1) is 10.7 Å². The lowest BCUT2D eigenvalue weighted by molar-refractivity contribution is -0.384. The molecule has 2 aromatic carbocycles. The molecule has 34 heavy (non-hydrogen) atoms. The molecule has 11 heteroatoms. The molecule has 1 fully saturated rings. The zero-order valence-electron chi connectivity index (χ0n) is 18.5. The van der Waals surface area contributed by atoms with Gasteiger partial charge in [0.15, 0.2) is 0 Å². The third-order valence-electron chi connectivity index (χ3n) is 5.47. The van der Waals surface area contributed by atoms with E-state index in [0.717, 1.165) is 22.7 Å². The summed E-state index contributed by atoms with van der Waals surface area (Å²) in [6.45, 7) is 2.63. The summed E-state index contributed by atoms with van der Waals surface area (Å²) in [4.78, 5) is 36.9. The van der Waals surface area contributed by atoms with Crippen LogP contribution < -0.4 is 10.2 Å². The van der Waals surface area contributed by atoms with Gasteiger partial charge in [-0.25, -0.2) is 0 Å². The van der Waals surface area contributed by atoms with Gasteiger partial charge in [-0.05, 0) is 29.7 Å². The van der Waals surface area contributed by atoms with E-state index in [2.05, 4.69) is 22.4 Å². The van der Waals surface area contributed by atoms with Crippen molar-refractivity contribution in [3.05, 3.63) is 74.8 Å². The fraction of sp³-hybridized carbons (Fsp3) is 0.304. The number of non-ortho nitro benzene ring substituents is 1. The first-order chi connectivity index (χ1) is 16.4. The number of nitro groups is 1.